The van der Waals surface area contributed by atoms with Gasteiger partial charge in [0.15, 0.2) is 0 Å². The second-order valence-corrected chi connectivity index (χ2v) is 8.86. The van der Waals surface area contributed by atoms with Crippen LogP contribution >= 0.6 is 0 Å². The maximum Gasteiger partial charge on any atom is 0.338 e. The van der Waals surface area contributed by atoms with Crippen LogP contribution < -0.4 is 5.73 Å². The summed E-state index contributed by atoms with van der Waals surface area (Å²) in [5.74, 6) is -0.322. The number of nitrogens with zero attached hydrogens (tertiary/aromatic N) is 2. The molecule has 1 aliphatic rings. The highest BCUT2D eigenvalue weighted by molar-refractivity contribution is 6.14. The smallest absolute Gasteiger partial charge is 0.338 e. The molecule has 2 aromatic rings. The number of likely N-dealkylation sites (N-methyl/N-ethyl adjacent to an activating group) is 1. The summed E-state index contributed by atoms with van der Waals surface area (Å²) in [6.07, 6.45) is 0. The van der Waals surface area contributed by atoms with Crippen molar-refractivity contribution in [2.75, 3.05) is 20.1 Å². The minimum atomic E-state index is -0.526. The highest BCUT2D eigenvalue weighted by Gasteiger charge is 2.23. The lowest BCUT2D eigenvalue weighted by atomic mass is 9.97. The molecule has 158 valence electrons. The first-order chi connectivity index (χ1) is 14.1. The Balaban J connectivity index is 1.92. The monoisotopic (exact) mass is 405 g/mol. The number of rotatable bonds is 5. The molecular weight excluding hydrogens is 374 g/mol. The molecule has 0 atom stereocenters. The van der Waals surface area contributed by atoms with Gasteiger partial charge in [-0.2, -0.15) is 0 Å². The summed E-state index contributed by atoms with van der Waals surface area (Å²) < 4.78 is 5.49. The fourth-order valence-corrected chi connectivity index (χ4v) is 3.53. The van der Waals surface area contributed by atoms with Crippen LogP contribution in [-0.2, 0) is 11.3 Å². The predicted molar refractivity (Wildman–Crippen MR) is 122 cm³/mol. The second-order valence-electron chi connectivity index (χ2n) is 8.86. The van der Waals surface area contributed by atoms with Crippen molar-refractivity contribution in [1.82, 2.24) is 4.90 Å². The summed E-state index contributed by atoms with van der Waals surface area (Å²) in [5, 5.41) is 0. The van der Waals surface area contributed by atoms with Gasteiger partial charge >= 0.3 is 5.97 Å². The molecule has 0 fully saturated rings. The molecule has 0 bridgehead atoms. The van der Waals surface area contributed by atoms with E-state index in [2.05, 4.69) is 31.0 Å². The molecule has 5 nitrogen and oxygen atoms in total. The zero-order chi connectivity index (χ0) is 21.9. The van der Waals surface area contributed by atoms with Crippen LogP contribution in [0, 0.1) is 6.92 Å². The summed E-state index contributed by atoms with van der Waals surface area (Å²) >= 11 is 0. The standard InChI is InChI=1S/C25H31N3O2/c1-17-9-6-7-12-20(17)23(21-15-28(5)16-22(21)26)27-14-18-10-8-11-19(13-18)24(29)30-25(2,3)4/h6-13H,14-16,26H2,1-5H3. The summed E-state index contributed by atoms with van der Waals surface area (Å²) in [4.78, 5) is 19.6. The van der Waals surface area contributed by atoms with E-state index in [0.717, 1.165) is 46.8 Å². The Morgan fingerprint density at radius 3 is 2.50 bits per heavy atom. The van der Waals surface area contributed by atoms with Crippen LogP contribution in [0.4, 0.5) is 0 Å². The van der Waals surface area contributed by atoms with Gasteiger partial charge in [0.1, 0.15) is 5.60 Å². The Bertz CT molecular complexity index is 999. The first-order valence-electron chi connectivity index (χ1n) is 10.2. The van der Waals surface area contributed by atoms with Crippen molar-refractivity contribution in [2.24, 2.45) is 10.7 Å². The molecular formula is C25H31N3O2. The van der Waals surface area contributed by atoms with Gasteiger partial charge in [0, 0.05) is 29.9 Å². The van der Waals surface area contributed by atoms with Crippen LogP contribution in [-0.4, -0.2) is 42.3 Å². The van der Waals surface area contributed by atoms with Gasteiger partial charge in [-0.15, -0.1) is 0 Å². The van der Waals surface area contributed by atoms with Gasteiger partial charge in [-0.05, 0) is 58.0 Å². The zero-order valence-corrected chi connectivity index (χ0v) is 18.5. The fraction of sp³-hybridized carbons (Fsp3) is 0.360. The van der Waals surface area contributed by atoms with Gasteiger partial charge in [0.25, 0.3) is 0 Å². The molecule has 2 N–H and O–H groups in total. The first kappa shape index (κ1) is 21.8. The third kappa shape index (κ3) is 5.36. The average molecular weight is 406 g/mol. The molecule has 1 heterocycles. The van der Waals surface area contributed by atoms with Crippen molar-refractivity contribution in [2.45, 2.75) is 39.8 Å². The van der Waals surface area contributed by atoms with Crippen molar-refractivity contribution in [3.05, 3.63) is 82.1 Å². The van der Waals surface area contributed by atoms with Crippen LogP contribution in [0.15, 0.2) is 64.8 Å². The number of carbonyl (C=O) groups is 1. The van der Waals surface area contributed by atoms with Crippen LogP contribution in [0.3, 0.4) is 0 Å². The van der Waals surface area contributed by atoms with Gasteiger partial charge in [-0.25, -0.2) is 4.79 Å². The second kappa shape index (κ2) is 8.84. The van der Waals surface area contributed by atoms with E-state index in [1.165, 1.54) is 0 Å². The topological polar surface area (TPSA) is 67.9 Å². The number of hydrogen-bond donors (Lipinski definition) is 1. The zero-order valence-electron chi connectivity index (χ0n) is 18.5. The van der Waals surface area contributed by atoms with Crippen LogP contribution in [0.2, 0.25) is 0 Å². The normalized spacial score (nSPS) is 15.6. The summed E-state index contributed by atoms with van der Waals surface area (Å²) in [6, 6.07) is 15.7. The van der Waals surface area contributed by atoms with Gasteiger partial charge in [0.05, 0.1) is 17.8 Å². The van der Waals surface area contributed by atoms with Crippen molar-refractivity contribution in [3.63, 3.8) is 0 Å². The lowest BCUT2D eigenvalue weighted by Crippen LogP contribution is -2.23. The third-order valence-electron chi connectivity index (χ3n) is 4.92. The quantitative estimate of drug-likeness (QED) is 0.601. The van der Waals surface area contributed by atoms with Crippen molar-refractivity contribution < 1.29 is 9.53 Å². The lowest BCUT2D eigenvalue weighted by Gasteiger charge is -2.19. The van der Waals surface area contributed by atoms with E-state index in [-0.39, 0.29) is 5.97 Å². The lowest BCUT2D eigenvalue weighted by molar-refractivity contribution is 0.00694. The summed E-state index contributed by atoms with van der Waals surface area (Å²) in [5.41, 5.74) is 12.4. The largest absolute Gasteiger partial charge is 0.456 e. The maximum absolute atomic E-state index is 12.4. The van der Waals surface area contributed by atoms with Crippen molar-refractivity contribution in [1.29, 1.82) is 0 Å². The Morgan fingerprint density at radius 2 is 1.87 bits per heavy atom. The molecule has 0 aromatic heterocycles. The molecule has 0 spiro atoms. The first-order valence-corrected chi connectivity index (χ1v) is 10.2. The van der Waals surface area contributed by atoms with Crippen LogP contribution in [0.25, 0.3) is 0 Å². The molecule has 1 aliphatic heterocycles. The van der Waals surface area contributed by atoms with E-state index in [0.29, 0.717) is 12.1 Å². The Morgan fingerprint density at radius 1 is 1.13 bits per heavy atom. The molecule has 3 rings (SSSR count). The Kier molecular flexibility index (Phi) is 6.42. The van der Waals surface area contributed by atoms with Gasteiger partial charge < -0.3 is 10.5 Å². The van der Waals surface area contributed by atoms with Crippen molar-refractivity contribution in [3.8, 4) is 0 Å². The van der Waals surface area contributed by atoms with E-state index < -0.39 is 5.60 Å². The van der Waals surface area contributed by atoms with E-state index in [1.54, 1.807) is 6.07 Å². The Labute approximate surface area is 179 Å². The molecule has 0 saturated carbocycles. The van der Waals surface area contributed by atoms with Gasteiger partial charge in [0.2, 0.25) is 0 Å². The molecule has 0 radical (unpaired) electrons. The highest BCUT2D eigenvalue weighted by atomic mass is 16.6. The number of ether oxygens (including phenoxy) is 1. The minimum Gasteiger partial charge on any atom is -0.456 e. The predicted octanol–water partition coefficient (Wildman–Crippen LogP) is 4.10. The molecule has 5 heteroatoms. The molecule has 0 unspecified atom stereocenters. The van der Waals surface area contributed by atoms with E-state index in [4.69, 9.17) is 15.5 Å². The van der Waals surface area contributed by atoms with E-state index >= 15 is 0 Å². The van der Waals surface area contributed by atoms with Gasteiger partial charge in [-0.3, -0.25) is 9.89 Å². The maximum atomic E-state index is 12.4. The number of hydrogen-bond acceptors (Lipinski definition) is 5. The molecule has 30 heavy (non-hydrogen) atoms. The third-order valence-corrected chi connectivity index (χ3v) is 4.92. The highest BCUT2D eigenvalue weighted by Crippen LogP contribution is 2.22. The van der Waals surface area contributed by atoms with Crippen molar-refractivity contribution >= 4 is 11.7 Å². The fourth-order valence-electron chi connectivity index (χ4n) is 3.53. The number of benzene rings is 2. The molecule has 0 amide bonds. The van der Waals surface area contributed by atoms with Crippen LogP contribution in [0.1, 0.15) is 47.8 Å². The minimum absolute atomic E-state index is 0.322. The van der Waals surface area contributed by atoms with Crippen LogP contribution in [0.5, 0.6) is 0 Å². The van der Waals surface area contributed by atoms with Gasteiger partial charge in [-0.1, -0.05) is 36.4 Å². The van der Waals surface area contributed by atoms with E-state index in [1.807, 2.05) is 51.1 Å². The number of carbonyl (C=O) groups excluding carboxylic acids is 1. The number of esters is 1. The molecule has 0 aliphatic carbocycles. The SMILES string of the molecule is Cc1ccccc1C(=NCc1cccc(C(=O)OC(C)(C)C)c1)C1=C(N)CN(C)C1. The molecule has 2 aromatic carbocycles. The van der Waals surface area contributed by atoms with E-state index in [9.17, 15) is 4.79 Å². The molecule has 0 saturated heterocycles. The summed E-state index contributed by atoms with van der Waals surface area (Å²) in [7, 11) is 2.06. The Hall–Kier alpha value is -2.92. The number of aliphatic imine (C=N–C) groups is 1. The summed E-state index contributed by atoms with van der Waals surface area (Å²) in [6.45, 7) is 9.66. The average Bonchev–Trinajstić information content (AvgIpc) is 3.00. The number of aryl methyl sites for hydroxylation is 1. The number of nitrogens with two attached hydrogens (primary N) is 1.